The fourth-order valence-corrected chi connectivity index (χ4v) is 1.18. The molecule has 0 radical (unpaired) electrons. The smallest absolute Gasteiger partial charge is 0.0311 e. The molecule has 0 spiro atoms. The van der Waals surface area contributed by atoms with Crippen LogP contribution in [0.25, 0.3) is 0 Å². The van der Waals surface area contributed by atoms with E-state index in [1.807, 2.05) is 13.1 Å². The summed E-state index contributed by atoms with van der Waals surface area (Å²) in [7, 11) is 2.08. The van der Waals surface area contributed by atoms with Crippen molar-refractivity contribution in [2.24, 2.45) is 4.99 Å². The van der Waals surface area contributed by atoms with Crippen molar-refractivity contribution < 1.29 is 0 Å². The van der Waals surface area contributed by atoms with Gasteiger partial charge >= 0.3 is 0 Å². The number of likely N-dealkylation sites (tertiary alicyclic amines) is 1. The molecular weight excluding hydrogens is 136 g/mol. The van der Waals surface area contributed by atoms with Crippen molar-refractivity contribution in [2.45, 2.75) is 6.92 Å². The van der Waals surface area contributed by atoms with Crippen molar-refractivity contribution in [3.8, 4) is 0 Å². The molecule has 1 fully saturated rings. The summed E-state index contributed by atoms with van der Waals surface area (Å²) in [4.78, 5) is 6.29. The van der Waals surface area contributed by atoms with Gasteiger partial charge in [0.2, 0.25) is 0 Å². The van der Waals surface area contributed by atoms with E-state index in [4.69, 9.17) is 0 Å². The highest BCUT2D eigenvalue weighted by atomic mass is 15.1. The van der Waals surface area contributed by atoms with Gasteiger partial charge in [-0.05, 0) is 25.1 Å². The van der Waals surface area contributed by atoms with Gasteiger partial charge in [-0.1, -0.05) is 6.58 Å². The van der Waals surface area contributed by atoms with E-state index in [0.717, 1.165) is 13.1 Å². The molecule has 0 aromatic carbocycles. The first kappa shape index (κ1) is 8.21. The molecule has 0 bridgehead atoms. The molecule has 0 N–H and O–H groups in total. The van der Waals surface area contributed by atoms with E-state index in [1.54, 1.807) is 6.21 Å². The molecule has 0 saturated carbocycles. The molecule has 1 aliphatic heterocycles. The van der Waals surface area contributed by atoms with Crippen molar-refractivity contribution in [3.63, 3.8) is 0 Å². The Kier molecular flexibility index (Phi) is 2.60. The number of rotatable bonds is 1. The Labute approximate surface area is 67.9 Å². The molecule has 0 amide bonds. The number of hydrogen-bond acceptors (Lipinski definition) is 2. The Balaban J connectivity index is 2.67. The van der Waals surface area contributed by atoms with E-state index in [2.05, 4.69) is 23.5 Å². The van der Waals surface area contributed by atoms with Crippen LogP contribution in [0.4, 0.5) is 0 Å². The minimum absolute atomic E-state index is 0.977. The molecule has 0 aliphatic carbocycles. The van der Waals surface area contributed by atoms with Gasteiger partial charge in [-0.25, -0.2) is 0 Å². The number of nitrogens with zero attached hydrogens (tertiary/aromatic N) is 2. The first-order chi connectivity index (χ1) is 5.24. The Morgan fingerprint density at radius 1 is 1.55 bits per heavy atom. The highest BCUT2D eigenvalue weighted by Gasteiger charge is 2.15. The Bertz CT molecular complexity index is 214. The van der Waals surface area contributed by atoms with Gasteiger partial charge < -0.3 is 0 Å². The van der Waals surface area contributed by atoms with Crippen molar-refractivity contribution in [3.05, 3.63) is 23.9 Å². The van der Waals surface area contributed by atoms with Crippen LogP contribution in [0.15, 0.2) is 28.9 Å². The van der Waals surface area contributed by atoms with E-state index in [-0.39, 0.29) is 0 Å². The van der Waals surface area contributed by atoms with Crippen LogP contribution < -0.4 is 0 Å². The quantitative estimate of drug-likeness (QED) is 0.517. The molecule has 1 aliphatic rings. The molecule has 1 saturated heterocycles. The second kappa shape index (κ2) is 3.49. The lowest BCUT2D eigenvalue weighted by Crippen LogP contribution is -2.11. The summed E-state index contributed by atoms with van der Waals surface area (Å²) in [6.07, 6.45) is 3.68. The van der Waals surface area contributed by atoms with E-state index in [1.165, 1.54) is 11.1 Å². The maximum Gasteiger partial charge on any atom is 0.0311 e. The van der Waals surface area contributed by atoms with Crippen molar-refractivity contribution in [1.82, 2.24) is 4.90 Å². The average molecular weight is 150 g/mol. The van der Waals surface area contributed by atoms with Gasteiger partial charge in [0, 0.05) is 25.5 Å². The first-order valence-corrected chi connectivity index (χ1v) is 3.77. The summed E-state index contributed by atoms with van der Waals surface area (Å²) in [6, 6.07) is 0. The monoisotopic (exact) mass is 150 g/mol. The van der Waals surface area contributed by atoms with Gasteiger partial charge in [0.1, 0.15) is 0 Å². The minimum Gasteiger partial charge on any atom is -0.298 e. The van der Waals surface area contributed by atoms with E-state index in [0.29, 0.717) is 0 Å². The molecule has 2 nitrogen and oxygen atoms in total. The highest BCUT2D eigenvalue weighted by Crippen LogP contribution is 2.17. The lowest BCUT2D eigenvalue weighted by molar-refractivity contribution is 0.437. The third kappa shape index (κ3) is 2.02. The molecule has 2 heteroatoms. The van der Waals surface area contributed by atoms with E-state index >= 15 is 0 Å². The fraction of sp³-hybridized carbons (Fsp3) is 0.444. The van der Waals surface area contributed by atoms with Crippen LogP contribution in [0.1, 0.15) is 6.92 Å². The zero-order valence-electron chi connectivity index (χ0n) is 7.17. The van der Waals surface area contributed by atoms with Gasteiger partial charge in [0.05, 0.1) is 0 Å². The molecule has 1 heterocycles. The summed E-state index contributed by atoms with van der Waals surface area (Å²) in [5.74, 6) is 0. The fourth-order valence-electron chi connectivity index (χ4n) is 1.18. The van der Waals surface area contributed by atoms with Crippen LogP contribution >= 0.6 is 0 Å². The summed E-state index contributed by atoms with van der Waals surface area (Å²) in [6.45, 7) is 7.83. The van der Waals surface area contributed by atoms with Crippen LogP contribution in [0.3, 0.4) is 0 Å². The van der Waals surface area contributed by atoms with Crippen molar-refractivity contribution >= 4 is 6.21 Å². The topological polar surface area (TPSA) is 15.6 Å². The van der Waals surface area contributed by atoms with Crippen molar-refractivity contribution in [1.29, 1.82) is 0 Å². The van der Waals surface area contributed by atoms with Gasteiger partial charge in [-0.2, -0.15) is 0 Å². The summed E-state index contributed by atoms with van der Waals surface area (Å²) < 4.78 is 0. The van der Waals surface area contributed by atoms with Crippen LogP contribution in [0, 0.1) is 0 Å². The van der Waals surface area contributed by atoms with Crippen LogP contribution in [-0.2, 0) is 0 Å². The molecule has 0 atom stereocenters. The largest absolute Gasteiger partial charge is 0.298 e. The zero-order chi connectivity index (χ0) is 8.27. The molecule has 1 rings (SSSR count). The van der Waals surface area contributed by atoms with Crippen LogP contribution in [0.2, 0.25) is 0 Å². The molecule has 0 aromatic rings. The second-order valence-electron chi connectivity index (χ2n) is 2.84. The first-order valence-electron chi connectivity index (χ1n) is 3.77. The van der Waals surface area contributed by atoms with E-state index < -0.39 is 0 Å². The van der Waals surface area contributed by atoms with Gasteiger partial charge in [0.25, 0.3) is 0 Å². The molecular formula is C9H14N2. The maximum absolute atomic E-state index is 4.06. The van der Waals surface area contributed by atoms with E-state index in [9.17, 15) is 0 Å². The minimum atomic E-state index is 0.977. The SMILES string of the molecule is C=C1CN(C)C/C1=C/N=CC. The van der Waals surface area contributed by atoms with Crippen molar-refractivity contribution in [2.75, 3.05) is 20.1 Å². The number of hydrogen-bond donors (Lipinski definition) is 0. The summed E-state index contributed by atoms with van der Waals surface area (Å²) >= 11 is 0. The third-order valence-electron chi connectivity index (χ3n) is 1.73. The lowest BCUT2D eigenvalue weighted by atomic mass is 10.2. The number of aliphatic imine (C=N–C) groups is 1. The zero-order valence-corrected chi connectivity index (χ0v) is 7.17. The second-order valence-corrected chi connectivity index (χ2v) is 2.84. The Hall–Kier alpha value is -0.890. The summed E-state index contributed by atoms with van der Waals surface area (Å²) in [5, 5.41) is 0. The predicted octanol–water partition coefficient (Wildman–Crippen LogP) is 1.46. The highest BCUT2D eigenvalue weighted by molar-refractivity contribution is 5.55. The van der Waals surface area contributed by atoms with Gasteiger partial charge in [-0.15, -0.1) is 0 Å². The lowest BCUT2D eigenvalue weighted by Gasteiger charge is -2.01. The standard InChI is InChI=1S/C9H14N2/c1-4-10-5-9-7-11(3)6-8(9)2/h4-5H,2,6-7H2,1,3H3/b9-5-,10-4?. The maximum atomic E-state index is 4.06. The van der Waals surface area contributed by atoms with Crippen LogP contribution in [0.5, 0.6) is 0 Å². The van der Waals surface area contributed by atoms with Gasteiger partial charge in [-0.3, -0.25) is 9.89 Å². The van der Waals surface area contributed by atoms with Gasteiger partial charge in [0.15, 0.2) is 0 Å². The normalized spacial score (nSPS) is 24.2. The third-order valence-corrected chi connectivity index (χ3v) is 1.73. The molecule has 11 heavy (non-hydrogen) atoms. The Morgan fingerprint density at radius 3 is 2.73 bits per heavy atom. The molecule has 60 valence electrons. The summed E-state index contributed by atoms with van der Waals surface area (Å²) in [5.41, 5.74) is 2.45. The molecule has 0 aromatic heterocycles. The Morgan fingerprint density at radius 2 is 2.27 bits per heavy atom. The van der Waals surface area contributed by atoms with Crippen LogP contribution in [-0.4, -0.2) is 31.3 Å². The predicted molar refractivity (Wildman–Crippen MR) is 48.9 cm³/mol. The molecule has 0 unspecified atom stereocenters. The number of likely N-dealkylation sites (N-methyl/N-ethyl adjacent to an activating group) is 1. The average Bonchev–Trinajstić information content (AvgIpc) is 2.26.